The Morgan fingerprint density at radius 1 is 1.60 bits per heavy atom. The standard InChI is InChI=1S/C6H4N2O2/c9-5-1-2-10-6-3-7-4-8(5)6/h1-4H. The third-order valence-electron chi connectivity index (χ3n) is 1.24. The lowest BCUT2D eigenvalue weighted by Crippen LogP contribution is -2.07. The molecule has 0 aromatic carbocycles. The van der Waals surface area contributed by atoms with E-state index in [0.717, 1.165) is 0 Å². The number of aromatic nitrogens is 2. The molecule has 0 spiro atoms. The lowest BCUT2D eigenvalue weighted by atomic mass is 10.7. The monoisotopic (exact) mass is 136 g/mol. The number of imidazole rings is 1. The average Bonchev–Trinajstić information content (AvgIpc) is 2.36. The summed E-state index contributed by atoms with van der Waals surface area (Å²) >= 11 is 0. The molecule has 0 bridgehead atoms. The van der Waals surface area contributed by atoms with E-state index >= 15 is 0 Å². The van der Waals surface area contributed by atoms with Gasteiger partial charge in [-0.05, 0) is 0 Å². The van der Waals surface area contributed by atoms with Crippen molar-refractivity contribution in [3.05, 3.63) is 35.2 Å². The third-order valence-corrected chi connectivity index (χ3v) is 1.24. The summed E-state index contributed by atoms with van der Waals surface area (Å²) in [5.74, 6) is 0. The minimum absolute atomic E-state index is 0.126. The van der Waals surface area contributed by atoms with Crippen molar-refractivity contribution < 1.29 is 4.42 Å². The maximum Gasteiger partial charge on any atom is 0.261 e. The number of hydrogen-bond donors (Lipinski definition) is 0. The first-order chi connectivity index (χ1) is 4.88. The van der Waals surface area contributed by atoms with Gasteiger partial charge in [-0.1, -0.05) is 0 Å². The van der Waals surface area contributed by atoms with E-state index in [1.807, 2.05) is 0 Å². The van der Waals surface area contributed by atoms with Gasteiger partial charge in [0, 0.05) is 6.07 Å². The summed E-state index contributed by atoms with van der Waals surface area (Å²) in [6.07, 6.45) is 4.25. The summed E-state index contributed by atoms with van der Waals surface area (Å²) < 4.78 is 6.27. The van der Waals surface area contributed by atoms with Crippen LogP contribution in [0.3, 0.4) is 0 Å². The van der Waals surface area contributed by atoms with Gasteiger partial charge < -0.3 is 4.42 Å². The van der Waals surface area contributed by atoms with Crippen LogP contribution < -0.4 is 5.56 Å². The maximum atomic E-state index is 10.9. The number of fused-ring (bicyclic) bond motifs is 1. The van der Waals surface area contributed by atoms with Crippen molar-refractivity contribution in [3.8, 4) is 0 Å². The van der Waals surface area contributed by atoms with Gasteiger partial charge >= 0.3 is 0 Å². The second-order valence-electron chi connectivity index (χ2n) is 1.86. The van der Waals surface area contributed by atoms with Crippen molar-refractivity contribution in [3.63, 3.8) is 0 Å². The smallest absolute Gasteiger partial charge is 0.261 e. The Hall–Kier alpha value is -1.58. The van der Waals surface area contributed by atoms with Gasteiger partial charge in [-0.2, -0.15) is 0 Å². The number of hydrogen-bond acceptors (Lipinski definition) is 3. The van der Waals surface area contributed by atoms with E-state index in [-0.39, 0.29) is 5.56 Å². The second kappa shape index (κ2) is 1.70. The Bertz CT molecular complexity index is 401. The van der Waals surface area contributed by atoms with Gasteiger partial charge in [-0.15, -0.1) is 0 Å². The van der Waals surface area contributed by atoms with Crippen molar-refractivity contribution >= 4 is 5.71 Å². The van der Waals surface area contributed by atoms with Crippen LogP contribution >= 0.6 is 0 Å². The van der Waals surface area contributed by atoms with Gasteiger partial charge in [0.25, 0.3) is 5.56 Å². The molecule has 0 radical (unpaired) electrons. The topological polar surface area (TPSA) is 47.5 Å². The predicted octanol–water partition coefficient (Wildman–Crippen LogP) is 0.287. The molecule has 0 aliphatic heterocycles. The van der Waals surface area contributed by atoms with Crippen LogP contribution in [0.15, 0.2) is 34.1 Å². The minimum Gasteiger partial charge on any atom is -0.446 e. The third kappa shape index (κ3) is 0.556. The van der Waals surface area contributed by atoms with Crippen LogP contribution in [0.5, 0.6) is 0 Å². The summed E-state index contributed by atoms with van der Waals surface area (Å²) in [5, 5.41) is 0. The van der Waals surface area contributed by atoms with Crippen molar-refractivity contribution in [1.82, 2.24) is 9.38 Å². The highest BCUT2D eigenvalue weighted by atomic mass is 16.3. The summed E-state index contributed by atoms with van der Waals surface area (Å²) in [4.78, 5) is 14.6. The Labute approximate surface area is 55.7 Å². The van der Waals surface area contributed by atoms with Crippen molar-refractivity contribution in [2.75, 3.05) is 0 Å². The largest absolute Gasteiger partial charge is 0.446 e. The van der Waals surface area contributed by atoms with E-state index in [2.05, 4.69) is 4.98 Å². The van der Waals surface area contributed by atoms with E-state index in [9.17, 15) is 4.79 Å². The zero-order valence-electron chi connectivity index (χ0n) is 5.02. The molecule has 4 nitrogen and oxygen atoms in total. The molecule has 2 rings (SSSR count). The van der Waals surface area contributed by atoms with Crippen molar-refractivity contribution in [2.24, 2.45) is 0 Å². The van der Waals surface area contributed by atoms with Gasteiger partial charge in [0.1, 0.15) is 6.33 Å². The molecular weight excluding hydrogens is 132 g/mol. The first-order valence-corrected chi connectivity index (χ1v) is 2.78. The molecule has 2 aromatic rings. The van der Waals surface area contributed by atoms with Gasteiger partial charge in [-0.3, -0.25) is 4.79 Å². The van der Waals surface area contributed by atoms with Crippen LogP contribution in [0.4, 0.5) is 0 Å². The minimum atomic E-state index is -0.126. The molecule has 0 N–H and O–H groups in total. The number of nitrogens with zero attached hydrogens (tertiary/aromatic N) is 2. The van der Waals surface area contributed by atoms with Gasteiger partial charge in [0.2, 0.25) is 5.71 Å². The molecule has 4 heteroatoms. The zero-order valence-corrected chi connectivity index (χ0v) is 5.02. The Balaban J connectivity index is 3.09. The highest BCUT2D eigenvalue weighted by molar-refractivity contribution is 5.28. The molecule has 0 aliphatic carbocycles. The predicted molar refractivity (Wildman–Crippen MR) is 33.7 cm³/mol. The molecule has 2 heterocycles. The van der Waals surface area contributed by atoms with Crippen molar-refractivity contribution in [2.45, 2.75) is 0 Å². The first kappa shape index (κ1) is 5.22. The van der Waals surface area contributed by atoms with Gasteiger partial charge in [-0.25, -0.2) is 9.38 Å². The Morgan fingerprint density at radius 2 is 2.50 bits per heavy atom. The maximum absolute atomic E-state index is 10.9. The fraction of sp³-hybridized carbons (Fsp3) is 0. The molecular formula is C6H4N2O2. The molecule has 50 valence electrons. The van der Waals surface area contributed by atoms with Gasteiger partial charge in [0.15, 0.2) is 0 Å². The van der Waals surface area contributed by atoms with Crippen LogP contribution in [-0.4, -0.2) is 9.38 Å². The molecule has 0 saturated carbocycles. The lowest BCUT2D eigenvalue weighted by Gasteiger charge is -1.85. The van der Waals surface area contributed by atoms with Crippen LogP contribution in [-0.2, 0) is 0 Å². The lowest BCUT2D eigenvalue weighted by molar-refractivity contribution is 0.572. The highest BCUT2D eigenvalue weighted by Gasteiger charge is 1.94. The van der Waals surface area contributed by atoms with Crippen LogP contribution in [0.1, 0.15) is 0 Å². The highest BCUT2D eigenvalue weighted by Crippen LogP contribution is 1.94. The second-order valence-corrected chi connectivity index (χ2v) is 1.86. The fourth-order valence-corrected chi connectivity index (χ4v) is 0.778. The molecule has 0 fully saturated rings. The first-order valence-electron chi connectivity index (χ1n) is 2.78. The van der Waals surface area contributed by atoms with E-state index in [0.29, 0.717) is 5.71 Å². The number of rotatable bonds is 0. The summed E-state index contributed by atoms with van der Waals surface area (Å²) in [7, 11) is 0. The van der Waals surface area contributed by atoms with E-state index in [4.69, 9.17) is 4.42 Å². The van der Waals surface area contributed by atoms with E-state index < -0.39 is 0 Å². The molecule has 0 aliphatic rings. The molecule has 0 unspecified atom stereocenters. The van der Waals surface area contributed by atoms with Crippen LogP contribution in [0, 0.1) is 0 Å². The normalized spacial score (nSPS) is 10.4. The molecule has 10 heavy (non-hydrogen) atoms. The molecule has 0 amide bonds. The molecule has 0 saturated heterocycles. The average molecular weight is 136 g/mol. The zero-order chi connectivity index (χ0) is 6.97. The molecule has 0 atom stereocenters. The summed E-state index contributed by atoms with van der Waals surface area (Å²) in [6.45, 7) is 0. The van der Waals surface area contributed by atoms with Crippen LogP contribution in [0.2, 0.25) is 0 Å². The summed E-state index contributed by atoms with van der Waals surface area (Å²) in [5.41, 5.74) is 0.339. The quantitative estimate of drug-likeness (QED) is 0.522. The Kier molecular flexibility index (Phi) is 0.887. The summed E-state index contributed by atoms with van der Waals surface area (Å²) in [6, 6.07) is 1.34. The Morgan fingerprint density at radius 3 is 3.30 bits per heavy atom. The van der Waals surface area contributed by atoms with E-state index in [1.54, 1.807) is 0 Å². The van der Waals surface area contributed by atoms with Gasteiger partial charge in [0.05, 0.1) is 12.5 Å². The van der Waals surface area contributed by atoms with Crippen molar-refractivity contribution in [1.29, 1.82) is 0 Å². The fourth-order valence-electron chi connectivity index (χ4n) is 0.778. The SMILES string of the molecule is O=c1ccoc2cncn12. The van der Waals surface area contributed by atoms with E-state index in [1.165, 1.54) is 29.3 Å². The molecule has 2 aromatic heterocycles. The van der Waals surface area contributed by atoms with Crippen LogP contribution in [0.25, 0.3) is 5.71 Å².